The number of carboxylic acids is 1. The standard InChI is InChI=1S/C8H7F2NO3/c1-8(9,10)14-5-2-3-6(7(12)13)11-4-5/h2-4H,1H3,(H,12,13). The lowest BCUT2D eigenvalue weighted by Gasteiger charge is -2.12. The third kappa shape index (κ3) is 2.96. The molecule has 0 saturated heterocycles. The fraction of sp³-hybridized carbons (Fsp3) is 0.250. The van der Waals surface area contributed by atoms with E-state index < -0.39 is 12.1 Å². The molecule has 1 N–H and O–H groups in total. The highest BCUT2D eigenvalue weighted by atomic mass is 19.3. The first-order chi connectivity index (χ1) is 6.38. The van der Waals surface area contributed by atoms with Crippen molar-refractivity contribution >= 4 is 5.97 Å². The molecule has 4 nitrogen and oxygen atoms in total. The van der Waals surface area contributed by atoms with E-state index in [1.807, 2.05) is 0 Å². The van der Waals surface area contributed by atoms with Crippen molar-refractivity contribution < 1.29 is 23.4 Å². The first-order valence-electron chi connectivity index (χ1n) is 3.65. The van der Waals surface area contributed by atoms with Crippen LogP contribution in [0.1, 0.15) is 17.4 Å². The van der Waals surface area contributed by atoms with E-state index in [0.717, 1.165) is 18.3 Å². The molecule has 0 aromatic carbocycles. The molecule has 76 valence electrons. The van der Waals surface area contributed by atoms with Crippen molar-refractivity contribution in [1.82, 2.24) is 4.98 Å². The number of aromatic carboxylic acids is 1. The van der Waals surface area contributed by atoms with Crippen LogP contribution in [0.15, 0.2) is 18.3 Å². The van der Waals surface area contributed by atoms with Gasteiger partial charge in [0, 0.05) is 6.92 Å². The molecule has 14 heavy (non-hydrogen) atoms. The topological polar surface area (TPSA) is 59.4 Å². The Labute approximate surface area is 78.1 Å². The van der Waals surface area contributed by atoms with Gasteiger partial charge in [-0.2, -0.15) is 8.78 Å². The third-order valence-electron chi connectivity index (χ3n) is 1.25. The molecule has 0 aliphatic rings. The van der Waals surface area contributed by atoms with Gasteiger partial charge in [-0.3, -0.25) is 0 Å². The van der Waals surface area contributed by atoms with Gasteiger partial charge < -0.3 is 9.84 Å². The molecule has 6 heteroatoms. The lowest BCUT2D eigenvalue weighted by molar-refractivity contribution is -0.159. The van der Waals surface area contributed by atoms with Gasteiger partial charge in [0.2, 0.25) is 0 Å². The highest BCUT2D eigenvalue weighted by Crippen LogP contribution is 2.19. The van der Waals surface area contributed by atoms with Crippen LogP contribution in [0.3, 0.4) is 0 Å². The van der Waals surface area contributed by atoms with E-state index >= 15 is 0 Å². The van der Waals surface area contributed by atoms with E-state index in [4.69, 9.17) is 5.11 Å². The van der Waals surface area contributed by atoms with Gasteiger partial charge in [-0.05, 0) is 12.1 Å². The Bertz CT molecular complexity index is 331. The Balaban J connectivity index is 2.79. The minimum absolute atomic E-state index is 0.178. The van der Waals surface area contributed by atoms with Gasteiger partial charge in [0.1, 0.15) is 11.4 Å². The smallest absolute Gasteiger partial charge is 0.394 e. The Morgan fingerprint density at radius 3 is 2.57 bits per heavy atom. The van der Waals surface area contributed by atoms with Gasteiger partial charge in [-0.1, -0.05) is 0 Å². The second-order valence-electron chi connectivity index (χ2n) is 2.59. The Kier molecular flexibility index (Phi) is 2.64. The van der Waals surface area contributed by atoms with Crippen LogP contribution in [0.2, 0.25) is 0 Å². The van der Waals surface area contributed by atoms with Crippen LogP contribution >= 0.6 is 0 Å². The number of ether oxygens (including phenoxy) is 1. The van der Waals surface area contributed by atoms with E-state index in [0.29, 0.717) is 6.92 Å². The van der Waals surface area contributed by atoms with Crippen molar-refractivity contribution in [1.29, 1.82) is 0 Å². The van der Waals surface area contributed by atoms with E-state index in [-0.39, 0.29) is 11.4 Å². The average Bonchev–Trinajstić information content (AvgIpc) is 2.02. The van der Waals surface area contributed by atoms with Crippen molar-refractivity contribution in [2.24, 2.45) is 0 Å². The molecule has 1 aromatic heterocycles. The molecule has 1 rings (SSSR count). The molecule has 0 fully saturated rings. The maximum Gasteiger partial charge on any atom is 0.394 e. The zero-order valence-electron chi connectivity index (χ0n) is 7.20. The van der Waals surface area contributed by atoms with Crippen LogP contribution in [0.5, 0.6) is 5.75 Å². The number of carbonyl (C=O) groups is 1. The van der Waals surface area contributed by atoms with Crippen molar-refractivity contribution in [2.45, 2.75) is 13.0 Å². The fourth-order valence-electron chi connectivity index (χ4n) is 0.774. The number of nitrogens with zero attached hydrogens (tertiary/aromatic N) is 1. The fourth-order valence-corrected chi connectivity index (χ4v) is 0.774. The zero-order valence-corrected chi connectivity index (χ0v) is 7.20. The number of carboxylic acid groups (broad SMARTS) is 1. The summed E-state index contributed by atoms with van der Waals surface area (Å²) in [5.74, 6) is -1.40. The molecule has 0 amide bonds. The number of hydrogen-bond acceptors (Lipinski definition) is 3. The van der Waals surface area contributed by atoms with Crippen LogP contribution < -0.4 is 4.74 Å². The molecule has 0 spiro atoms. The summed E-state index contributed by atoms with van der Waals surface area (Å²) in [5.41, 5.74) is -0.225. The van der Waals surface area contributed by atoms with Crippen molar-refractivity contribution in [2.75, 3.05) is 0 Å². The Morgan fingerprint density at radius 2 is 2.21 bits per heavy atom. The van der Waals surface area contributed by atoms with Crippen LogP contribution in [0.4, 0.5) is 8.78 Å². The van der Waals surface area contributed by atoms with Crippen LogP contribution in [0.25, 0.3) is 0 Å². The number of halogens is 2. The minimum atomic E-state index is -3.30. The minimum Gasteiger partial charge on any atom is -0.477 e. The van der Waals surface area contributed by atoms with E-state index in [1.54, 1.807) is 0 Å². The van der Waals surface area contributed by atoms with E-state index in [1.165, 1.54) is 0 Å². The van der Waals surface area contributed by atoms with Gasteiger partial charge in [-0.25, -0.2) is 9.78 Å². The summed E-state index contributed by atoms with van der Waals surface area (Å²) >= 11 is 0. The van der Waals surface area contributed by atoms with Gasteiger partial charge >= 0.3 is 12.1 Å². The number of hydrogen-bond donors (Lipinski definition) is 1. The summed E-state index contributed by atoms with van der Waals surface area (Å²) in [6.07, 6.45) is -2.37. The first kappa shape index (κ1) is 10.4. The molecule has 0 saturated carbocycles. The lowest BCUT2D eigenvalue weighted by atomic mass is 10.3. The summed E-state index contributed by atoms with van der Waals surface area (Å²) < 4.78 is 28.7. The molecular formula is C8H7F2NO3. The van der Waals surface area contributed by atoms with Crippen LogP contribution in [0, 0.1) is 0 Å². The van der Waals surface area contributed by atoms with Gasteiger partial charge in [0.25, 0.3) is 0 Å². The number of rotatable bonds is 3. The highest BCUT2D eigenvalue weighted by Gasteiger charge is 2.23. The van der Waals surface area contributed by atoms with Gasteiger partial charge in [-0.15, -0.1) is 0 Å². The molecule has 0 bridgehead atoms. The second-order valence-corrected chi connectivity index (χ2v) is 2.59. The molecule has 0 aliphatic carbocycles. The highest BCUT2D eigenvalue weighted by molar-refractivity contribution is 5.85. The normalized spacial score (nSPS) is 11.1. The summed E-state index contributed by atoms with van der Waals surface area (Å²) in [5, 5.41) is 8.46. The molecule has 0 aliphatic heterocycles. The van der Waals surface area contributed by atoms with Gasteiger partial charge in [0.05, 0.1) is 6.20 Å². The first-order valence-corrected chi connectivity index (χ1v) is 3.65. The number of pyridine rings is 1. The van der Waals surface area contributed by atoms with Crippen LogP contribution in [-0.2, 0) is 0 Å². The van der Waals surface area contributed by atoms with Gasteiger partial charge in [0.15, 0.2) is 0 Å². The third-order valence-corrected chi connectivity index (χ3v) is 1.25. The van der Waals surface area contributed by atoms with Crippen LogP contribution in [-0.4, -0.2) is 22.2 Å². The zero-order chi connectivity index (χ0) is 10.8. The number of aromatic nitrogens is 1. The summed E-state index contributed by atoms with van der Waals surface area (Å²) in [6.45, 7) is 0.581. The monoisotopic (exact) mass is 203 g/mol. The maximum atomic E-state index is 12.3. The SMILES string of the molecule is CC(F)(F)Oc1ccc(C(=O)O)nc1. The predicted octanol–water partition coefficient (Wildman–Crippen LogP) is 1.77. The molecule has 1 heterocycles. The second kappa shape index (κ2) is 3.57. The van der Waals surface area contributed by atoms with E-state index in [2.05, 4.69) is 9.72 Å². The average molecular weight is 203 g/mol. The largest absolute Gasteiger partial charge is 0.477 e. The molecule has 0 radical (unpaired) electrons. The summed E-state index contributed by atoms with van der Waals surface area (Å²) in [4.78, 5) is 13.8. The number of alkyl halides is 2. The molecule has 0 atom stereocenters. The predicted molar refractivity (Wildman–Crippen MR) is 42.4 cm³/mol. The summed E-state index contributed by atoms with van der Waals surface area (Å²) in [7, 11) is 0. The lowest BCUT2D eigenvalue weighted by Crippen LogP contribution is -2.19. The van der Waals surface area contributed by atoms with Crippen molar-refractivity contribution in [3.05, 3.63) is 24.0 Å². The maximum absolute atomic E-state index is 12.3. The van der Waals surface area contributed by atoms with Crippen molar-refractivity contribution in [3.63, 3.8) is 0 Å². The Morgan fingerprint density at radius 1 is 1.57 bits per heavy atom. The molecule has 1 aromatic rings. The molecular weight excluding hydrogens is 196 g/mol. The van der Waals surface area contributed by atoms with E-state index in [9.17, 15) is 13.6 Å². The molecule has 0 unspecified atom stereocenters. The summed E-state index contributed by atoms with van der Waals surface area (Å²) in [6, 6.07) is 2.21. The quantitative estimate of drug-likeness (QED) is 0.813. The Hall–Kier alpha value is -1.72. The van der Waals surface area contributed by atoms with Crippen molar-refractivity contribution in [3.8, 4) is 5.75 Å².